The van der Waals surface area contributed by atoms with E-state index < -0.39 is 22.8 Å². The number of nitrogens with one attached hydrogen (secondary N) is 1. The minimum absolute atomic E-state index is 0.0620. The lowest BCUT2D eigenvalue weighted by Crippen LogP contribution is -2.45. The van der Waals surface area contributed by atoms with E-state index in [0.717, 1.165) is 6.07 Å². The van der Waals surface area contributed by atoms with Gasteiger partial charge in [0.1, 0.15) is 6.04 Å². The Bertz CT molecular complexity index is 587. The smallest absolute Gasteiger partial charge is 0.326 e. The zero-order chi connectivity index (χ0) is 16.9. The fraction of sp³-hybridized carbons (Fsp3) is 0.429. The highest BCUT2D eigenvalue weighted by atomic mass is 16.6. The number of carboxylic acid groups (broad SMARTS) is 1. The van der Waals surface area contributed by atoms with Crippen molar-refractivity contribution in [2.45, 2.75) is 26.3 Å². The molecular formula is C14H18N2O6. The Hall–Kier alpha value is -2.64. The maximum absolute atomic E-state index is 12.1. The molecule has 0 radical (unpaired) electrons. The van der Waals surface area contributed by atoms with E-state index in [1.165, 1.54) is 19.2 Å². The number of nitro benzene ring substituents is 1. The van der Waals surface area contributed by atoms with E-state index >= 15 is 0 Å². The van der Waals surface area contributed by atoms with E-state index in [-0.39, 0.29) is 22.9 Å². The van der Waals surface area contributed by atoms with Gasteiger partial charge in [-0.15, -0.1) is 0 Å². The minimum atomic E-state index is -1.13. The molecule has 0 heterocycles. The first-order valence-electron chi connectivity index (χ1n) is 6.67. The van der Waals surface area contributed by atoms with Crippen molar-refractivity contribution in [3.05, 3.63) is 33.9 Å². The van der Waals surface area contributed by atoms with Gasteiger partial charge in [0.25, 0.3) is 5.91 Å². The molecule has 22 heavy (non-hydrogen) atoms. The molecule has 0 spiro atoms. The highest BCUT2D eigenvalue weighted by Crippen LogP contribution is 2.27. The average molecular weight is 310 g/mol. The summed E-state index contributed by atoms with van der Waals surface area (Å²) >= 11 is 0. The highest BCUT2D eigenvalue weighted by molar-refractivity contribution is 5.97. The van der Waals surface area contributed by atoms with Crippen molar-refractivity contribution >= 4 is 17.6 Å². The summed E-state index contributed by atoms with van der Waals surface area (Å²) in [5.74, 6) is -2.06. The predicted octanol–water partition coefficient (Wildman–Crippen LogP) is 1.83. The zero-order valence-corrected chi connectivity index (χ0v) is 12.5. The van der Waals surface area contributed by atoms with Crippen LogP contribution in [0.25, 0.3) is 0 Å². The van der Waals surface area contributed by atoms with Crippen LogP contribution >= 0.6 is 0 Å². The van der Waals surface area contributed by atoms with Crippen molar-refractivity contribution in [2.24, 2.45) is 5.92 Å². The molecule has 1 aromatic rings. The molecule has 0 saturated carbocycles. The zero-order valence-electron chi connectivity index (χ0n) is 12.5. The summed E-state index contributed by atoms with van der Waals surface area (Å²) in [7, 11) is 1.25. The van der Waals surface area contributed by atoms with Gasteiger partial charge in [-0.05, 0) is 12.0 Å². The third-order valence-corrected chi connectivity index (χ3v) is 3.40. The Morgan fingerprint density at radius 3 is 2.55 bits per heavy atom. The van der Waals surface area contributed by atoms with E-state index in [2.05, 4.69) is 5.32 Å². The summed E-state index contributed by atoms with van der Waals surface area (Å²) in [6, 6.07) is 2.58. The van der Waals surface area contributed by atoms with E-state index in [1.807, 2.05) is 6.92 Å². The Morgan fingerprint density at radius 1 is 1.45 bits per heavy atom. The molecule has 8 nitrogen and oxygen atoms in total. The van der Waals surface area contributed by atoms with Crippen molar-refractivity contribution in [3.8, 4) is 5.75 Å². The third-order valence-electron chi connectivity index (χ3n) is 3.40. The molecule has 2 atom stereocenters. The molecule has 0 bridgehead atoms. The molecule has 0 aliphatic heterocycles. The summed E-state index contributed by atoms with van der Waals surface area (Å²) in [6.07, 6.45) is 0.584. The summed E-state index contributed by atoms with van der Waals surface area (Å²) in [4.78, 5) is 33.5. The second-order valence-electron chi connectivity index (χ2n) is 4.82. The SMILES string of the molecule is CC[C@H](C)[C@H](NC(=O)c1ccc([N+](=O)[O-])c(OC)c1)C(=O)O. The summed E-state index contributed by atoms with van der Waals surface area (Å²) in [6.45, 7) is 3.54. The van der Waals surface area contributed by atoms with Crippen LogP contribution in [0.1, 0.15) is 30.6 Å². The van der Waals surface area contributed by atoms with Crippen LogP contribution in [0.4, 0.5) is 5.69 Å². The maximum Gasteiger partial charge on any atom is 0.326 e. The molecule has 1 aromatic carbocycles. The van der Waals surface area contributed by atoms with Crippen LogP contribution in [0.15, 0.2) is 18.2 Å². The highest BCUT2D eigenvalue weighted by Gasteiger charge is 2.26. The van der Waals surface area contributed by atoms with Crippen molar-refractivity contribution in [1.29, 1.82) is 0 Å². The number of methoxy groups -OCH3 is 1. The average Bonchev–Trinajstić information content (AvgIpc) is 2.50. The number of carboxylic acids is 1. The van der Waals surface area contributed by atoms with Gasteiger partial charge >= 0.3 is 11.7 Å². The maximum atomic E-state index is 12.1. The van der Waals surface area contributed by atoms with Gasteiger partial charge < -0.3 is 15.2 Å². The Morgan fingerprint density at radius 2 is 2.09 bits per heavy atom. The van der Waals surface area contributed by atoms with Gasteiger partial charge in [0, 0.05) is 17.7 Å². The molecular weight excluding hydrogens is 292 g/mol. The van der Waals surface area contributed by atoms with Crippen LogP contribution in [0.5, 0.6) is 5.75 Å². The first kappa shape index (κ1) is 17.4. The number of carbonyl (C=O) groups is 2. The number of nitro groups is 1. The Kier molecular flexibility index (Phi) is 5.85. The number of amides is 1. The molecule has 120 valence electrons. The molecule has 2 N–H and O–H groups in total. The van der Waals surface area contributed by atoms with E-state index in [9.17, 15) is 19.7 Å². The van der Waals surface area contributed by atoms with Crippen LogP contribution in [0, 0.1) is 16.0 Å². The lowest BCUT2D eigenvalue weighted by atomic mass is 9.99. The predicted molar refractivity (Wildman–Crippen MR) is 78.0 cm³/mol. The van der Waals surface area contributed by atoms with Crippen LogP contribution < -0.4 is 10.1 Å². The van der Waals surface area contributed by atoms with Crippen molar-refractivity contribution in [3.63, 3.8) is 0 Å². The molecule has 0 aliphatic carbocycles. The lowest BCUT2D eigenvalue weighted by molar-refractivity contribution is -0.385. The minimum Gasteiger partial charge on any atom is -0.490 e. The van der Waals surface area contributed by atoms with Crippen LogP contribution in [-0.2, 0) is 4.79 Å². The summed E-state index contributed by atoms with van der Waals surface area (Å²) in [5.41, 5.74) is -0.173. The van der Waals surface area contributed by atoms with Crippen LogP contribution in [0.2, 0.25) is 0 Å². The van der Waals surface area contributed by atoms with Gasteiger partial charge in [0.05, 0.1) is 12.0 Å². The molecule has 8 heteroatoms. The number of hydrogen-bond donors (Lipinski definition) is 2. The van der Waals surface area contributed by atoms with Crippen molar-refractivity contribution < 1.29 is 24.4 Å². The quantitative estimate of drug-likeness (QED) is 0.586. The van der Waals surface area contributed by atoms with Gasteiger partial charge in [-0.2, -0.15) is 0 Å². The van der Waals surface area contributed by atoms with Crippen LogP contribution in [0.3, 0.4) is 0 Å². The van der Waals surface area contributed by atoms with E-state index in [0.29, 0.717) is 6.42 Å². The second kappa shape index (κ2) is 7.39. The Balaban J connectivity index is 3.02. The largest absolute Gasteiger partial charge is 0.490 e. The normalized spacial score (nSPS) is 13.0. The molecule has 0 aliphatic rings. The first-order valence-corrected chi connectivity index (χ1v) is 6.67. The van der Waals surface area contributed by atoms with Crippen molar-refractivity contribution in [1.82, 2.24) is 5.32 Å². The first-order chi connectivity index (χ1) is 10.3. The van der Waals surface area contributed by atoms with Gasteiger partial charge in [0.2, 0.25) is 0 Å². The number of hydrogen-bond acceptors (Lipinski definition) is 5. The number of benzene rings is 1. The molecule has 1 amide bonds. The Labute approximate surface area is 127 Å². The standard InChI is InChI=1S/C14H18N2O6/c1-4-8(2)12(14(18)19)15-13(17)9-5-6-10(16(20)21)11(7-9)22-3/h5-8,12H,4H2,1-3H3,(H,15,17)(H,18,19)/t8-,12-/m0/s1. The van der Waals surface area contributed by atoms with Gasteiger partial charge in [-0.25, -0.2) is 4.79 Å². The number of carbonyl (C=O) groups excluding carboxylic acids is 1. The second-order valence-corrected chi connectivity index (χ2v) is 4.82. The van der Waals surface area contributed by atoms with E-state index in [1.54, 1.807) is 6.92 Å². The summed E-state index contributed by atoms with van der Waals surface area (Å²) < 4.78 is 4.88. The molecule has 0 aromatic heterocycles. The molecule has 0 unspecified atom stereocenters. The van der Waals surface area contributed by atoms with Gasteiger partial charge in [-0.3, -0.25) is 14.9 Å². The van der Waals surface area contributed by atoms with Gasteiger partial charge in [0.15, 0.2) is 5.75 Å². The number of aliphatic carboxylic acids is 1. The van der Waals surface area contributed by atoms with Gasteiger partial charge in [-0.1, -0.05) is 20.3 Å². The van der Waals surface area contributed by atoms with Crippen molar-refractivity contribution in [2.75, 3.05) is 7.11 Å². The molecule has 0 saturated heterocycles. The number of nitrogens with zero attached hydrogens (tertiary/aromatic N) is 1. The van der Waals surface area contributed by atoms with E-state index in [4.69, 9.17) is 9.84 Å². The topological polar surface area (TPSA) is 119 Å². The van der Waals surface area contributed by atoms with Crippen LogP contribution in [-0.4, -0.2) is 35.1 Å². The lowest BCUT2D eigenvalue weighted by Gasteiger charge is -2.20. The third kappa shape index (κ3) is 3.94. The number of ether oxygens (including phenoxy) is 1. The number of rotatable bonds is 7. The monoisotopic (exact) mass is 310 g/mol. The fourth-order valence-electron chi connectivity index (χ4n) is 1.88. The molecule has 1 rings (SSSR count). The fourth-order valence-corrected chi connectivity index (χ4v) is 1.88. The summed E-state index contributed by atoms with van der Waals surface area (Å²) in [5, 5.41) is 22.4. The molecule has 0 fully saturated rings.